The zero-order valence-corrected chi connectivity index (χ0v) is 11.1. The number of benzene rings is 1. The van der Waals surface area contributed by atoms with Crippen molar-refractivity contribution in [1.29, 1.82) is 0 Å². The van der Waals surface area contributed by atoms with Gasteiger partial charge in [0.25, 0.3) is 0 Å². The summed E-state index contributed by atoms with van der Waals surface area (Å²) in [5.41, 5.74) is 1.34. The number of nitrogens with one attached hydrogen (secondary N) is 1. The molecule has 1 N–H and O–H groups in total. The van der Waals surface area contributed by atoms with Crippen molar-refractivity contribution in [1.82, 2.24) is 5.32 Å². The van der Waals surface area contributed by atoms with Gasteiger partial charge in [0.15, 0.2) is 0 Å². The quantitative estimate of drug-likeness (QED) is 0.790. The molecule has 0 bridgehead atoms. The van der Waals surface area contributed by atoms with Crippen LogP contribution in [0.4, 0.5) is 4.39 Å². The standard InChI is InChI=1S/C14H19ClFN/c1-3-6-17-9-11-8-14(11,2)10-4-5-13(16)12(15)7-10/h4-5,7,11,17H,3,6,8-9H2,1-2H3. The Morgan fingerprint density at radius 2 is 2.29 bits per heavy atom. The van der Waals surface area contributed by atoms with E-state index in [0.29, 0.717) is 5.92 Å². The minimum atomic E-state index is -0.333. The monoisotopic (exact) mass is 255 g/mol. The Morgan fingerprint density at radius 1 is 1.53 bits per heavy atom. The van der Waals surface area contributed by atoms with E-state index in [1.807, 2.05) is 6.07 Å². The molecule has 1 aromatic carbocycles. The lowest BCUT2D eigenvalue weighted by Crippen LogP contribution is -2.20. The van der Waals surface area contributed by atoms with E-state index in [4.69, 9.17) is 11.6 Å². The summed E-state index contributed by atoms with van der Waals surface area (Å²) >= 11 is 5.83. The number of hydrogen-bond acceptors (Lipinski definition) is 1. The molecule has 0 spiro atoms. The van der Waals surface area contributed by atoms with Crippen LogP contribution in [0, 0.1) is 11.7 Å². The normalized spacial score (nSPS) is 27.2. The second-order valence-electron chi connectivity index (χ2n) is 5.15. The Hall–Kier alpha value is -0.600. The van der Waals surface area contributed by atoms with E-state index in [0.717, 1.165) is 31.5 Å². The van der Waals surface area contributed by atoms with Crippen molar-refractivity contribution >= 4 is 11.6 Å². The average molecular weight is 256 g/mol. The summed E-state index contributed by atoms with van der Waals surface area (Å²) in [7, 11) is 0. The van der Waals surface area contributed by atoms with Gasteiger partial charge in [0, 0.05) is 0 Å². The van der Waals surface area contributed by atoms with Crippen LogP contribution in [-0.2, 0) is 5.41 Å². The van der Waals surface area contributed by atoms with Crippen molar-refractivity contribution in [3.8, 4) is 0 Å². The fourth-order valence-corrected chi connectivity index (χ4v) is 2.59. The molecule has 2 unspecified atom stereocenters. The molecule has 1 nitrogen and oxygen atoms in total. The van der Waals surface area contributed by atoms with Gasteiger partial charge in [-0.25, -0.2) is 4.39 Å². The lowest BCUT2D eigenvalue weighted by Gasteiger charge is -2.13. The molecule has 0 aromatic heterocycles. The van der Waals surface area contributed by atoms with Crippen LogP contribution in [0.25, 0.3) is 0 Å². The van der Waals surface area contributed by atoms with Gasteiger partial charge in [-0.2, -0.15) is 0 Å². The van der Waals surface area contributed by atoms with Gasteiger partial charge in [0.05, 0.1) is 5.02 Å². The van der Waals surface area contributed by atoms with E-state index in [1.54, 1.807) is 6.07 Å². The summed E-state index contributed by atoms with van der Waals surface area (Å²) in [4.78, 5) is 0. The first-order valence-electron chi connectivity index (χ1n) is 6.24. The summed E-state index contributed by atoms with van der Waals surface area (Å²) in [6, 6.07) is 5.11. The molecule has 0 amide bonds. The largest absolute Gasteiger partial charge is 0.316 e. The maximum absolute atomic E-state index is 13.1. The van der Waals surface area contributed by atoms with Gasteiger partial charge < -0.3 is 5.32 Å². The molecule has 3 heteroatoms. The number of halogens is 2. The zero-order valence-electron chi connectivity index (χ0n) is 10.4. The van der Waals surface area contributed by atoms with Crippen LogP contribution in [0.15, 0.2) is 18.2 Å². The predicted octanol–water partition coefficient (Wildman–Crippen LogP) is 3.76. The fraction of sp³-hybridized carbons (Fsp3) is 0.571. The van der Waals surface area contributed by atoms with Gasteiger partial charge >= 0.3 is 0 Å². The van der Waals surface area contributed by atoms with Crippen LogP contribution in [0.5, 0.6) is 0 Å². The van der Waals surface area contributed by atoms with Crippen molar-refractivity contribution in [3.63, 3.8) is 0 Å². The molecule has 0 aliphatic heterocycles. The third-order valence-electron chi connectivity index (χ3n) is 3.81. The van der Waals surface area contributed by atoms with Crippen LogP contribution in [0.3, 0.4) is 0 Å². The summed E-state index contributed by atoms with van der Waals surface area (Å²) in [6.07, 6.45) is 2.32. The van der Waals surface area contributed by atoms with Crippen LogP contribution in [0.2, 0.25) is 5.02 Å². The van der Waals surface area contributed by atoms with Crippen LogP contribution >= 0.6 is 11.6 Å². The molecule has 1 fully saturated rings. The second-order valence-corrected chi connectivity index (χ2v) is 5.56. The minimum absolute atomic E-state index is 0.179. The van der Waals surface area contributed by atoms with Crippen molar-refractivity contribution in [2.45, 2.75) is 32.1 Å². The molecule has 0 heterocycles. The Bertz CT molecular complexity index is 407. The fourth-order valence-electron chi connectivity index (χ4n) is 2.41. The minimum Gasteiger partial charge on any atom is -0.316 e. The molecular formula is C14H19ClFN. The highest BCUT2D eigenvalue weighted by atomic mass is 35.5. The first-order chi connectivity index (χ1) is 8.08. The van der Waals surface area contributed by atoms with E-state index in [1.165, 1.54) is 6.07 Å². The van der Waals surface area contributed by atoms with Gasteiger partial charge in [-0.3, -0.25) is 0 Å². The van der Waals surface area contributed by atoms with Crippen LogP contribution < -0.4 is 5.32 Å². The van der Waals surface area contributed by atoms with E-state index in [2.05, 4.69) is 19.2 Å². The first-order valence-corrected chi connectivity index (χ1v) is 6.62. The highest BCUT2D eigenvalue weighted by Gasteiger charge is 2.50. The summed E-state index contributed by atoms with van der Waals surface area (Å²) in [5.74, 6) is 0.316. The Kier molecular flexibility index (Phi) is 3.74. The maximum atomic E-state index is 13.1. The summed E-state index contributed by atoms with van der Waals surface area (Å²) in [5, 5.41) is 3.67. The van der Waals surface area contributed by atoms with Gasteiger partial charge in [-0.15, -0.1) is 0 Å². The molecule has 0 radical (unpaired) electrons. The number of rotatable bonds is 5. The SMILES string of the molecule is CCCNCC1CC1(C)c1ccc(F)c(Cl)c1. The molecule has 2 atom stereocenters. The predicted molar refractivity (Wildman–Crippen MR) is 70.0 cm³/mol. The van der Waals surface area contributed by atoms with E-state index in [-0.39, 0.29) is 16.3 Å². The molecule has 2 rings (SSSR count). The van der Waals surface area contributed by atoms with Crippen LogP contribution in [0.1, 0.15) is 32.3 Å². The average Bonchev–Trinajstić information content (AvgIpc) is 2.95. The van der Waals surface area contributed by atoms with Gasteiger partial charge in [0.2, 0.25) is 0 Å². The van der Waals surface area contributed by atoms with E-state index in [9.17, 15) is 4.39 Å². The smallest absolute Gasteiger partial charge is 0.141 e. The maximum Gasteiger partial charge on any atom is 0.141 e. The summed E-state index contributed by atoms with van der Waals surface area (Å²) in [6.45, 7) is 6.50. The van der Waals surface area contributed by atoms with Gasteiger partial charge in [-0.1, -0.05) is 31.5 Å². The molecule has 1 aliphatic carbocycles. The lowest BCUT2D eigenvalue weighted by molar-refractivity contribution is 0.573. The zero-order chi connectivity index (χ0) is 12.5. The molecule has 1 saturated carbocycles. The molecule has 94 valence electrons. The van der Waals surface area contributed by atoms with Gasteiger partial charge in [0.1, 0.15) is 5.82 Å². The summed E-state index contributed by atoms with van der Waals surface area (Å²) < 4.78 is 13.1. The third kappa shape index (κ3) is 2.63. The highest BCUT2D eigenvalue weighted by molar-refractivity contribution is 6.30. The molecule has 1 aromatic rings. The topological polar surface area (TPSA) is 12.0 Å². The molecule has 17 heavy (non-hydrogen) atoms. The van der Waals surface area contributed by atoms with Crippen LogP contribution in [-0.4, -0.2) is 13.1 Å². The van der Waals surface area contributed by atoms with Crippen molar-refractivity contribution in [2.75, 3.05) is 13.1 Å². The Morgan fingerprint density at radius 3 is 2.94 bits per heavy atom. The molecule has 1 aliphatic rings. The van der Waals surface area contributed by atoms with E-state index < -0.39 is 0 Å². The van der Waals surface area contributed by atoms with Gasteiger partial charge in [-0.05, 0) is 55.0 Å². The Balaban J connectivity index is 2.01. The second kappa shape index (κ2) is 4.95. The lowest BCUT2D eigenvalue weighted by atomic mass is 9.95. The van der Waals surface area contributed by atoms with Crippen molar-refractivity contribution in [2.24, 2.45) is 5.92 Å². The first kappa shape index (κ1) is 12.8. The Labute approximate surface area is 107 Å². The van der Waals surface area contributed by atoms with Crippen molar-refractivity contribution < 1.29 is 4.39 Å². The van der Waals surface area contributed by atoms with E-state index >= 15 is 0 Å². The third-order valence-corrected chi connectivity index (χ3v) is 4.10. The number of hydrogen-bond donors (Lipinski definition) is 1. The highest BCUT2D eigenvalue weighted by Crippen LogP contribution is 2.53. The molecular weight excluding hydrogens is 237 g/mol. The van der Waals surface area contributed by atoms with Crippen molar-refractivity contribution in [3.05, 3.63) is 34.6 Å². The molecule has 0 saturated heterocycles.